The highest BCUT2D eigenvalue weighted by Crippen LogP contribution is 2.51. The van der Waals surface area contributed by atoms with E-state index in [2.05, 4.69) is 10.0 Å². The lowest BCUT2D eigenvalue weighted by atomic mass is 9.77. The summed E-state index contributed by atoms with van der Waals surface area (Å²) < 4.78 is 33.8. The first-order valence-electron chi connectivity index (χ1n) is 11.4. The van der Waals surface area contributed by atoms with Gasteiger partial charge in [-0.1, -0.05) is 18.2 Å². The van der Waals surface area contributed by atoms with E-state index >= 15 is 0 Å². The molecule has 0 bridgehead atoms. The maximum atomic E-state index is 13.1. The number of sulfonamides is 1. The van der Waals surface area contributed by atoms with E-state index in [9.17, 15) is 23.3 Å². The molecule has 3 aromatic carbocycles. The number of methoxy groups -OCH3 is 1. The number of hydrogen-bond donors (Lipinski definition) is 3. The quantitative estimate of drug-likeness (QED) is 0.225. The molecule has 3 atom stereocenters. The first-order chi connectivity index (χ1) is 17.7. The summed E-state index contributed by atoms with van der Waals surface area (Å²) in [5, 5.41) is 24.1. The molecule has 190 valence electrons. The van der Waals surface area contributed by atoms with Crippen molar-refractivity contribution < 1.29 is 28.0 Å². The molecule has 1 aliphatic carbocycles. The average molecular weight is 522 g/mol. The summed E-state index contributed by atoms with van der Waals surface area (Å²) in [6.07, 6.45) is 4.82. The van der Waals surface area contributed by atoms with Gasteiger partial charge in [0.15, 0.2) is 5.75 Å². The zero-order valence-electron chi connectivity index (χ0n) is 19.6. The number of carbonyl (C=O) groups is 1. The van der Waals surface area contributed by atoms with E-state index in [-0.39, 0.29) is 45.5 Å². The standard InChI is InChI=1S/C26H23N3O7S/c1-36-24-12-7-16(13-23(24)29(32)33)25-20-4-2-3-19(20)21-14-18(10-11-22(21)27-25)37(34,35)28-17-8-5-15(6-9-17)26(30)31/h2-3,5-14,19-20,25,27-28H,4H2,1H3,(H,30,31)/t19-,20+,25+/m0/s1. The van der Waals surface area contributed by atoms with Gasteiger partial charge in [0.2, 0.25) is 0 Å². The molecule has 0 aromatic heterocycles. The number of fused-ring (bicyclic) bond motifs is 3. The van der Waals surface area contributed by atoms with Crippen molar-refractivity contribution >= 4 is 33.1 Å². The Kier molecular flexibility index (Phi) is 6.08. The third-order valence-corrected chi connectivity index (χ3v) is 8.17. The Morgan fingerprint density at radius 2 is 1.89 bits per heavy atom. The summed E-state index contributed by atoms with van der Waals surface area (Å²) in [7, 11) is -2.55. The lowest BCUT2D eigenvalue weighted by Crippen LogP contribution is -2.29. The van der Waals surface area contributed by atoms with Crippen LogP contribution in [0.5, 0.6) is 5.75 Å². The molecule has 0 amide bonds. The van der Waals surface area contributed by atoms with E-state index in [1.54, 1.807) is 18.2 Å². The smallest absolute Gasteiger partial charge is 0.335 e. The number of anilines is 2. The highest BCUT2D eigenvalue weighted by molar-refractivity contribution is 7.92. The van der Waals surface area contributed by atoms with E-state index in [1.165, 1.54) is 43.5 Å². The van der Waals surface area contributed by atoms with Crippen LogP contribution in [0.1, 0.15) is 39.9 Å². The molecule has 0 spiro atoms. The lowest BCUT2D eigenvalue weighted by molar-refractivity contribution is -0.385. The maximum Gasteiger partial charge on any atom is 0.335 e. The van der Waals surface area contributed by atoms with Gasteiger partial charge in [-0.05, 0) is 72.0 Å². The molecule has 0 unspecified atom stereocenters. The van der Waals surface area contributed by atoms with Crippen LogP contribution < -0.4 is 14.8 Å². The molecule has 0 saturated heterocycles. The van der Waals surface area contributed by atoms with Crippen LogP contribution in [0.4, 0.5) is 17.1 Å². The summed E-state index contributed by atoms with van der Waals surface area (Å²) in [6.45, 7) is 0. The summed E-state index contributed by atoms with van der Waals surface area (Å²) in [5.74, 6) is -0.952. The molecule has 1 heterocycles. The third kappa shape index (κ3) is 4.49. The van der Waals surface area contributed by atoms with Gasteiger partial charge in [0, 0.05) is 23.4 Å². The monoisotopic (exact) mass is 521 g/mol. The molecular formula is C26H23N3O7S. The number of nitrogens with zero attached hydrogens (tertiary/aromatic N) is 1. The second kappa shape index (κ2) is 9.25. The van der Waals surface area contributed by atoms with Crippen molar-refractivity contribution in [1.29, 1.82) is 0 Å². The number of rotatable bonds is 7. The molecular weight excluding hydrogens is 498 g/mol. The number of nitrogens with one attached hydrogen (secondary N) is 2. The Balaban J connectivity index is 1.46. The second-order valence-electron chi connectivity index (χ2n) is 8.90. The Morgan fingerprint density at radius 3 is 2.57 bits per heavy atom. The van der Waals surface area contributed by atoms with Crippen molar-refractivity contribution in [2.24, 2.45) is 5.92 Å². The van der Waals surface area contributed by atoms with Gasteiger partial charge in [-0.2, -0.15) is 0 Å². The van der Waals surface area contributed by atoms with Crippen molar-refractivity contribution in [3.63, 3.8) is 0 Å². The molecule has 2 aliphatic rings. The molecule has 10 nitrogen and oxygen atoms in total. The summed E-state index contributed by atoms with van der Waals surface area (Å²) in [6, 6.07) is 15.0. The molecule has 0 fully saturated rings. The van der Waals surface area contributed by atoms with Crippen LogP contribution in [0.3, 0.4) is 0 Å². The fourth-order valence-electron chi connectivity index (χ4n) is 5.01. The highest BCUT2D eigenvalue weighted by Gasteiger charge is 2.39. The van der Waals surface area contributed by atoms with Crippen LogP contribution in [-0.2, 0) is 10.0 Å². The number of carboxylic acids is 1. The van der Waals surface area contributed by atoms with Crippen LogP contribution in [-0.4, -0.2) is 31.5 Å². The zero-order chi connectivity index (χ0) is 26.3. The normalized spacial score (nSPS) is 19.9. The summed E-state index contributed by atoms with van der Waals surface area (Å²) in [5.41, 5.74) is 2.52. The third-order valence-electron chi connectivity index (χ3n) is 6.79. The largest absolute Gasteiger partial charge is 0.490 e. The van der Waals surface area contributed by atoms with Gasteiger partial charge in [0.25, 0.3) is 10.0 Å². The molecule has 0 saturated carbocycles. The molecule has 1 aliphatic heterocycles. The molecule has 11 heteroatoms. The average Bonchev–Trinajstić information content (AvgIpc) is 3.38. The van der Waals surface area contributed by atoms with E-state index in [0.29, 0.717) is 0 Å². The number of ether oxygens (including phenoxy) is 1. The number of allylic oxidation sites excluding steroid dienone is 2. The minimum absolute atomic E-state index is 0.0370. The summed E-state index contributed by atoms with van der Waals surface area (Å²) in [4.78, 5) is 22.2. The van der Waals surface area contributed by atoms with Crippen LogP contribution in [0.2, 0.25) is 0 Å². The highest BCUT2D eigenvalue weighted by atomic mass is 32.2. The number of nitro groups is 1. The van der Waals surface area contributed by atoms with Crippen molar-refractivity contribution in [1.82, 2.24) is 0 Å². The molecule has 3 aromatic rings. The molecule has 5 rings (SSSR count). The van der Waals surface area contributed by atoms with Crippen molar-refractivity contribution in [3.8, 4) is 5.75 Å². The minimum atomic E-state index is -3.94. The minimum Gasteiger partial charge on any atom is -0.490 e. The van der Waals surface area contributed by atoms with Gasteiger partial charge < -0.3 is 15.2 Å². The van der Waals surface area contributed by atoms with Crippen LogP contribution in [0.25, 0.3) is 0 Å². The predicted octanol–water partition coefficient (Wildman–Crippen LogP) is 4.93. The lowest BCUT2D eigenvalue weighted by Gasteiger charge is -2.37. The first-order valence-corrected chi connectivity index (χ1v) is 12.9. The fraction of sp³-hybridized carbons (Fsp3) is 0.192. The van der Waals surface area contributed by atoms with Gasteiger partial charge in [0.05, 0.1) is 28.5 Å². The number of hydrogen-bond acceptors (Lipinski definition) is 7. The molecule has 0 radical (unpaired) electrons. The molecule has 3 N–H and O–H groups in total. The van der Waals surface area contributed by atoms with E-state index in [0.717, 1.165) is 23.2 Å². The van der Waals surface area contributed by atoms with Gasteiger partial charge in [-0.25, -0.2) is 13.2 Å². The van der Waals surface area contributed by atoms with Crippen molar-refractivity contribution in [2.45, 2.75) is 23.3 Å². The van der Waals surface area contributed by atoms with Crippen molar-refractivity contribution in [3.05, 3.63) is 99.6 Å². The number of carboxylic acid groups (broad SMARTS) is 1. The van der Waals surface area contributed by atoms with Gasteiger partial charge in [0.1, 0.15) is 0 Å². The number of aromatic carboxylic acids is 1. The van der Waals surface area contributed by atoms with Gasteiger partial charge in [-0.15, -0.1) is 0 Å². The Labute approximate surface area is 212 Å². The van der Waals surface area contributed by atoms with Gasteiger partial charge >= 0.3 is 11.7 Å². The second-order valence-corrected chi connectivity index (χ2v) is 10.6. The molecule has 37 heavy (non-hydrogen) atoms. The van der Waals surface area contributed by atoms with Crippen molar-refractivity contribution in [2.75, 3.05) is 17.1 Å². The first kappa shape index (κ1) is 24.3. The fourth-order valence-corrected chi connectivity index (χ4v) is 6.10. The maximum absolute atomic E-state index is 13.1. The predicted molar refractivity (Wildman–Crippen MR) is 137 cm³/mol. The number of nitro benzene ring substituents is 1. The van der Waals surface area contributed by atoms with Crippen LogP contribution >= 0.6 is 0 Å². The van der Waals surface area contributed by atoms with E-state index < -0.39 is 20.9 Å². The topological polar surface area (TPSA) is 148 Å². The Bertz CT molecular complexity index is 1530. The SMILES string of the molecule is COc1ccc([C@H]2Nc3ccc(S(=O)(=O)Nc4ccc(C(=O)O)cc4)cc3[C@H]3C=CC[C@H]32)cc1[N+](=O)[O-]. The van der Waals surface area contributed by atoms with E-state index in [4.69, 9.17) is 9.84 Å². The zero-order valence-corrected chi connectivity index (χ0v) is 20.4. The Morgan fingerprint density at radius 1 is 1.14 bits per heavy atom. The van der Waals surface area contributed by atoms with Crippen LogP contribution in [0.15, 0.2) is 77.7 Å². The van der Waals surface area contributed by atoms with E-state index in [1.807, 2.05) is 18.2 Å². The number of benzene rings is 3. The van der Waals surface area contributed by atoms with Gasteiger partial charge in [-0.3, -0.25) is 14.8 Å². The van der Waals surface area contributed by atoms with Crippen LogP contribution in [0, 0.1) is 16.0 Å². The summed E-state index contributed by atoms with van der Waals surface area (Å²) >= 11 is 0. The Hall–Kier alpha value is -4.38.